The molecule has 0 aromatic carbocycles. The van der Waals surface area contributed by atoms with E-state index in [-0.39, 0.29) is 11.7 Å². The molecule has 1 aromatic heterocycles. The van der Waals surface area contributed by atoms with Gasteiger partial charge in [0.05, 0.1) is 18.8 Å². The minimum absolute atomic E-state index is 0.175. The van der Waals surface area contributed by atoms with Gasteiger partial charge in [-0.15, -0.1) is 0 Å². The van der Waals surface area contributed by atoms with Crippen LogP contribution < -0.4 is 0 Å². The van der Waals surface area contributed by atoms with E-state index < -0.39 is 5.97 Å². The van der Waals surface area contributed by atoms with Crippen molar-refractivity contribution in [2.24, 2.45) is 0 Å². The Morgan fingerprint density at radius 3 is 3.06 bits per heavy atom. The number of carboxylic acids is 1. The first-order chi connectivity index (χ1) is 7.68. The molecule has 1 fully saturated rings. The molecular weight excluding hydrogens is 208 g/mol. The second-order valence-corrected chi connectivity index (χ2v) is 4.12. The van der Waals surface area contributed by atoms with E-state index in [2.05, 4.69) is 5.10 Å². The first-order valence-corrected chi connectivity index (χ1v) is 5.56. The van der Waals surface area contributed by atoms with Gasteiger partial charge in [0, 0.05) is 12.3 Å². The summed E-state index contributed by atoms with van der Waals surface area (Å²) in [5, 5.41) is 13.0. The van der Waals surface area contributed by atoms with Crippen molar-refractivity contribution in [1.29, 1.82) is 0 Å². The van der Waals surface area contributed by atoms with E-state index in [1.807, 2.05) is 0 Å². The fourth-order valence-corrected chi connectivity index (χ4v) is 1.98. The summed E-state index contributed by atoms with van der Waals surface area (Å²) in [7, 11) is 0. The topological polar surface area (TPSA) is 64.3 Å². The quantitative estimate of drug-likeness (QED) is 0.844. The third-order valence-electron chi connectivity index (χ3n) is 2.98. The van der Waals surface area contributed by atoms with E-state index in [9.17, 15) is 4.79 Å². The number of aromatic carboxylic acids is 1. The summed E-state index contributed by atoms with van der Waals surface area (Å²) in [6.07, 6.45) is 4.91. The number of hydrogen-bond acceptors (Lipinski definition) is 3. The molecule has 16 heavy (non-hydrogen) atoms. The van der Waals surface area contributed by atoms with Crippen LogP contribution in [0.2, 0.25) is 0 Å². The van der Waals surface area contributed by atoms with E-state index in [1.165, 1.54) is 12.6 Å². The second-order valence-electron chi connectivity index (χ2n) is 4.12. The Morgan fingerprint density at radius 1 is 1.69 bits per heavy atom. The Labute approximate surface area is 94.0 Å². The highest BCUT2D eigenvalue weighted by atomic mass is 16.5. The van der Waals surface area contributed by atoms with E-state index in [4.69, 9.17) is 9.84 Å². The molecule has 1 aliphatic heterocycles. The molecule has 0 radical (unpaired) electrons. The first kappa shape index (κ1) is 11.1. The molecule has 2 rings (SSSR count). The number of nitrogens with zero attached hydrogens (tertiary/aromatic N) is 2. The van der Waals surface area contributed by atoms with Crippen LogP contribution in [0, 0.1) is 6.92 Å². The first-order valence-electron chi connectivity index (χ1n) is 5.56. The highest BCUT2D eigenvalue weighted by Gasteiger charge is 2.18. The normalized spacial score (nSPS) is 20.9. The molecule has 1 atom stereocenters. The summed E-state index contributed by atoms with van der Waals surface area (Å²) in [6.45, 7) is 3.23. The highest BCUT2D eigenvalue weighted by Crippen LogP contribution is 2.16. The van der Waals surface area contributed by atoms with Gasteiger partial charge in [0.15, 0.2) is 0 Å². The Balaban J connectivity index is 2.06. The van der Waals surface area contributed by atoms with Gasteiger partial charge in [-0.05, 0) is 26.2 Å². The van der Waals surface area contributed by atoms with Crippen molar-refractivity contribution in [3.8, 4) is 0 Å². The van der Waals surface area contributed by atoms with Crippen molar-refractivity contribution in [1.82, 2.24) is 9.78 Å². The van der Waals surface area contributed by atoms with Crippen molar-refractivity contribution in [3.63, 3.8) is 0 Å². The lowest BCUT2D eigenvalue weighted by atomic mass is 10.1. The van der Waals surface area contributed by atoms with Gasteiger partial charge in [0.1, 0.15) is 5.56 Å². The van der Waals surface area contributed by atoms with Gasteiger partial charge in [-0.1, -0.05) is 0 Å². The lowest BCUT2D eigenvalue weighted by molar-refractivity contribution is 0.00361. The zero-order valence-corrected chi connectivity index (χ0v) is 9.35. The van der Waals surface area contributed by atoms with Gasteiger partial charge in [-0.25, -0.2) is 4.79 Å². The van der Waals surface area contributed by atoms with Gasteiger partial charge >= 0.3 is 5.97 Å². The van der Waals surface area contributed by atoms with Crippen molar-refractivity contribution in [2.45, 2.75) is 38.8 Å². The minimum atomic E-state index is -0.923. The van der Waals surface area contributed by atoms with Crippen LogP contribution in [-0.4, -0.2) is 33.6 Å². The SMILES string of the molecule is Cc1c(C(=O)O)cnn1CC1CCCCO1. The maximum Gasteiger partial charge on any atom is 0.339 e. The largest absolute Gasteiger partial charge is 0.478 e. The molecule has 1 saturated heterocycles. The summed E-state index contributed by atoms with van der Waals surface area (Å²) < 4.78 is 7.32. The summed E-state index contributed by atoms with van der Waals surface area (Å²) >= 11 is 0. The number of carbonyl (C=O) groups is 1. The number of carboxylic acid groups (broad SMARTS) is 1. The van der Waals surface area contributed by atoms with Crippen molar-refractivity contribution >= 4 is 5.97 Å². The molecular formula is C11H16N2O3. The van der Waals surface area contributed by atoms with E-state index in [0.29, 0.717) is 12.2 Å². The predicted molar refractivity (Wildman–Crippen MR) is 57.5 cm³/mol. The van der Waals surface area contributed by atoms with Crippen LogP contribution in [0.3, 0.4) is 0 Å². The summed E-state index contributed by atoms with van der Waals surface area (Å²) in [4.78, 5) is 10.8. The molecule has 0 saturated carbocycles. The second kappa shape index (κ2) is 4.65. The van der Waals surface area contributed by atoms with Crippen LogP contribution in [0.15, 0.2) is 6.20 Å². The molecule has 5 heteroatoms. The number of hydrogen-bond donors (Lipinski definition) is 1. The van der Waals surface area contributed by atoms with Crippen LogP contribution in [0.25, 0.3) is 0 Å². The third kappa shape index (κ3) is 2.24. The van der Waals surface area contributed by atoms with Gasteiger partial charge in [0.25, 0.3) is 0 Å². The molecule has 1 aliphatic rings. The molecule has 1 unspecified atom stereocenters. The highest BCUT2D eigenvalue weighted by molar-refractivity contribution is 5.88. The molecule has 5 nitrogen and oxygen atoms in total. The summed E-state index contributed by atoms with van der Waals surface area (Å²) in [5.74, 6) is -0.923. The lowest BCUT2D eigenvalue weighted by Crippen LogP contribution is -2.25. The number of ether oxygens (including phenoxy) is 1. The van der Waals surface area contributed by atoms with Crippen LogP contribution in [0.1, 0.15) is 35.3 Å². The van der Waals surface area contributed by atoms with Crippen molar-refractivity contribution in [2.75, 3.05) is 6.61 Å². The Morgan fingerprint density at radius 2 is 2.50 bits per heavy atom. The Hall–Kier alpha value is -1.36. The summed E-state index contributed by atoms with van der Waals surface area (Å²) in [6, 6.07) is 0. The van der Waals surface area contributed by atoms with E-state index in [0.717, 1.165) is 19.4 Å². The van der Waals surface area contributed by atoms with Crippen LogP contribution >= 0.6 is 0 Å². The number of aromatic nitrogens is 2. The van der Waals surface area contributed by atoms with Crippen LogP contribution in [-0.2, 0) is 11.3 Å². The fraction of sp³-hybridized carbons (Fsp3) is 0.636. The average Bonchev–Trinajstić information content (AvgIpc) is 2.62. The lowest BCUT2D eigenvalue weighted by Gasteiger charge is -2.22. The van der Waals surface area contributed by atoms with Gasteiger partial charge in [0.2, 0.25) is 0 Å². The molecule has 0 bridgehead atoms. The van der Waals surface area contributed by atoms with E-state index >= 15 is 0 Å². The monoisotopic (exact) mass is 224 g/mol. The molecule has 2 heterocycles. The summed E-state index contributed by atoms with van der Waals surface area (Å²) in [5.41, 5.74) is 0.970. The maximum absolute atomic E-state index is 10.8. The standard InChI is InChI=1S/C11H16N2O3/c1-8-10(11(14)15)6-12-13(8)7-9-4-2-3-5-16-9/h6,9H,2-5,7H2,1H3,(H,14,15). The Bertz CT molecular complexity index is 381. The zero-order chi connectivity index (χ0) is 11.5. The zero-order valence-electron chi connectivity index (χ0n) is 9.35. The van der Waals surface area contributed by atoms with Crippen LogP contribution in [0.4, 0.5) is 0 Å². The number of rotatable bonds is 3. The predicted octanol–water partition coefficient (Wildman–Crippen LogP) is 1.46. The third-order valence-corrected chi connectivity index (χ3v) is 2.98. The average molecular weight is 224 g/mol. The molecule has 88 valence electrons. The fourth-order valence-electron chi connectivity index (χ4n) is 1.98. The van der Waals surface area contributed by atoms with Gasteiger partial charge in [-0.2, -0.15) is 5.10 Å². The van der Waals surface area contributed by atoms with Gasteiger partial charge < -0.3 is 9.84 Å². The molecule has 0 amide bonds. The molecule has 0 spiro atoms. The van der Waals surface area contributed by atoms with Crippen LogP contribution in [0.5, 0.6) is 0 Å². The van der Waals surface area contributed by atoms with Gasteiger partial charge in [-0.3, -0.25) is 4.68 Å². The maximum atomic E-state index is 10.8. The molecule has 1 aromatic rings. The smallest absolute Gasteiger partial charge is 0.339 e. The van der Waals surface area contributed by atoms with E-state index in [1.54, 1.807) is 11.6 Å². The molecule has 1 N–H and O–H groups in total. The molecule has 0 aliphatic carbocycles. The Kier molecular flexibility index (Phi) is 3.24. The van der Waals surface area contributed by atoms with Crippen molar-refractivity contribution in [3.05, 3.63) is 17.5 Å². The minimum Gasteiger partial charge on any atom is -0.478 e. The van der Waals surface area contributed by atoms with Crippen molar-refractivity contribution < 1.29 is 14.6 Å².